The number of nitrogens with one attached hydrogen (secondary N) is 1. The van der Waals surface area contributed by atoms with E-state index in [1.54, 1.807) is 0 Å². The Hall–Kier alpha value is -1.52. The Kier molecular flexibility index (Phi) is 4.91. The molecule has 0 spiro atoms. The largest absolute Gasteiger partial charge is 0.382 e. The van der Waals surface area contributed by atoms with Gasteiger partial charge in [0, 0.05) is 17.0 Å². The summed E-state index contributed by atoms with van der Waals surface area (Å²) in [5.41, 5.74) is 8.75. The summed E-state index contributed by atoms with van der Waals surface area (Å²) in [5.74, 6) is 0. The smallest absolute Gasteiger partial charge is 0.0769 e. The summed E-state index contributed by atoms with van der Waals surface area (Å²) in [6.45, 7) is 8.09. The Morgan fingerprint density at radius 1 is 1.24 bits per heavy atom. The van der Waals surface area contributed by atoms with Gasteiger partial charge in [-0.05, 0) is 37.2 Å². The third-order valence-electron chi connectivity index (χ3n) is 3.25. The lowest BCUT2D eigenvalue weighted by molar-refractivity contribution is 0.545. The molecular formula is C16H23ClN4. The Morgan fingerprint density at radius 2 is 1.90 bits per heavy atom. The number of aromatic nitrogens is 2. The average Bonchev–Trinajstić information content (AvgIpc) is 2.84. The van der Waals surface area contributed by atoms with E-state index in [1.807, 2.05) is 35.1 Å². The van der Waals surface area contributed by atoms with Gasteiger partial charge in [0.1, 0.15) is 0 Å². The molecule has 0 aliphatic heterocycles. The highest BCUT2D eigenvalue weighted by molar-refractivity contribution is 6.30. The first-order valence-corrected chi connectivity index (χ1v) is 7.59. The zero-order chi connectivity index (χ0) is 15.5. The van der Waals surface area contributed by atoms with E-state index in [1.165, 1.54) is 0 Å². The summed E-state index contributed by atoms with van der Waals surface area (Å²) >= 11 is 5.96. The number of hydrogen-bond acceptors (Lipinski definition) is 3. The van der Waals surface area contributed by atoms with Crippen molar-refractivity contribution in [2.24, 2.45) is 5.73 Å². The lowest BCUT2D eigenvalue weighted by Crippen LogP contribution is -2.20. The van der Waals surface area contributed by atoms with Crippen molar-refractivity contribution in [2.45, 2.75) is 32.6 Å². The highest BCUT2D eigenvalue weighted by Gasteiger charge is 2.24. The lowest BCUT2D eigenvalue weighted by Gasteiger charge is -2.23. The molecule has 2 rings (SSSR count). The van der Waals surface area contributed by atoms with Crippen LogP contribution in [0, 0.1) is 0 Å². The standard InChI is InChI=1S/C16H23ClN4/c1-16(2,3)15-14(19-10-4-9-18)11-20-21(15)13-7-5-12(17)6-8-13/h5-8,11,19H,4,9-10,18H2,1-3H3. The van der Waals surface area contributed by atoms with E-state index in [0.717, 1.165) is 35.1 Å². The first-order chi connectivity index (χ1) is 9.93. The zero-order valence-corrected chi connectivity index (χ0v) is 13.6. The molecule has 0 aliphatic rings. The fraction of sp³-hybridized carbons (Fsp3) is 0.438. The van der Waals surface area contributed by atoms with E-state index in [9.17, 15) is 0 Å². The number of hydrogen-bond donors (Lipinski definition) is 2. The molecule has 5 heteroatoms. The number of anilines is 1. The van der Waals surface area contributed by atoms with Crippen LogP contribution in [0.3, 0.4) is 0 Å². The fourth-order valence-corrected chi connectivity index (χ4v) is 2.43. The van der Waals surface area contributed by atoms with E-state index in [2.05, 4.69) is 31.2 Å². The maximum absolute atomic E-state index is 5.96. The van der Waals surface area contributed by atoms with Crippen molar-refractivity contribution < 1.29 is 0 Å². The van der Waals surface area contributed by atoms with Crippen LogP contribution in [0.1, 0.15) is 32.9 Å². The number of rotatable bonds is 5. The Bertz CT molecular complexity index is 581. The van der Waals surface area contributed by atoms with Crippen LogP contribution in [0.2, 0.25) is 5.02 Å². The van der Waals surface area contributed by atoms with Crippen LogP contribution in [0.15, 0.2) is 30.5 Å². The zero-order valence-electron chi connectivity index (χ0n) is 12.9. The summed E-state index contributed by atoms with van der Waals surface area (Å²) in [5, 5.41) is 8.70. The molecule has 0 saturated carbocycles. The summed E-state index contributed by atoms with van der Waals surface area (Å²) in [6.07, 6.45) is 2.82. The molecule has 1 aromatic carbocycles. The molecular weight excluding hydrogens is 284 g/mol. The average molecular weight is 307 g/mol. The SMILES string of the molecule is CC(C)(C)c1c(NCCCN)cnn1-c1ccc(Cl)cc1. The second-order valence-corrected chi connectivity index (χ2v) is 6.55. The van der Waals surface area contributed by atoms with Crippen LogP contribution in [-0.2, 0) is 5.41 Å². The minimum atomic E-state index is -0.0266. The van der Waals surface area contributed by atoms with Crippen molar-refractivity contribution in [1.82, 2.24) is 9.78 Å². The molecule has 1 heterocycles. The molecule has 3 N–H and O–H groups in total. The van der Waals surface area contributed by atoms with Crippen molar-refractivity contribution in [1.29, 1.82) is 0 Å². The molecule has 2 aromatic rings. The predicted molar refractivity (Wildman–Crippen MR) is 89.4 cm³/mol. The molecule has 0 saturated heterocycles. The first-order valence-electron chi connectivity index (χ1n) is 7.22. The highest BCUT2D eigenvalue weighted by Crippen LogP contribution is 2.31. The van der Waals surface area contributed by atoms with Gasteiger partial charge in [0.2, 0.25) is 0 Å². The fourth-order valence-electron chi connectivity index (χ4n) is 2.30. The Labute approximate surface area is 131 Å². The lowest BCUT2D eigenvalue weighted by atomic mass is 9.91. The topological polar surface area (TPSA) is 55.9 Å². The van der Waals surface area contributed by atoms with Gasteiger partial charge in [0.25, 0.3) is 0 Å². The Morgan fingerprint density at radius 3 is 2.48 bits per heavy atom. The third kappa shape index (κ3) is 3.77. The minimum absolute atomic E-state index is 0.0266. The van der Waals surface area contributed by atoms with Crippen LogP contribution >= 0.6 is 11.6 Å². The molecule has 0 amide bonds. The molecule has 0 radical (unpaired) electrons. The van der Waals surface area contributed by atoms with Crippen molar-refractivity contribution in [2.75, 3.05) is 18.4 Å². The van der Waals surface area contributed by atoms with Gasteiger partial charge < -0.3 is 11.1 Å². The van der Waals surface area contributed by atoms with Gasteiger partial charge in [-0.2, -0.15) is 5.10 Å². The second-order valence-electron chi connectivity index (χ2n) is 6.11. The monoisotopic (exact) mass is 306 g/mol. The van der Waals surface area contributed by atoms with Crippen molar-refractivity contribution in [3.05, 3.63) is 41.2 Å². The molecule has 0 bridgehead atoms. The summed E-state index contributed by atoms with van der Waals surface area (Å²) in [7, 11) is 0. The van der Waals surface area contributed by atoms with Crippen LogP contribution in [0.4, 0.5) is 5.69 Å². The maximum atomic E-state index is 5.96. The van der Waals surface area contributed by atoms with Crippen LogP contribution < -0.4 is 11.1 Å². The number of halogens is 1. The first kappa shape index (κ1) is 15.9. The van der Waals surface area contributed by atoms with Gasteiger partial charge in [-0.1, -0.05) is 32.4 Å². The van der Waals surface area contributed by atoms with Gasteiger partial charge >= 0.3 is 0 Å². The molecule has 1 aromatic heterocycles. The molecule has 0 atom stereocenters. The van der Waals surface area contributed by atoms with Gasteiger partial charge in [0.05, 0.1) is 23.3 Å². The van der Waals surface area contributed by atoms with Gasteiger partial charge in [-0.25, -0.2) is 4.68 Å². The Balaban J connectivity index is 2.39. The van der Waals surface area contributed by atoms with E-state index in [-0.39, 0.29) is 5.41 Å². The highest BCUT2D eigenvalue weighted by atomic mass is 35.5. The summed E-state index contributed by atoms with van der Waals surface area (Å²) in [6, 6.07) is 7.72. The molecule has 4 nitrogen and oxygen atoms in total. The summed E-state index contributed by atoms with van der Waals surface area (Å²) in [4.78, 5) is 0. The van der Waals surface area contributed by atoms with Gasteiger partial charge in [-0.3, -0.25) is 0 Å². The van der Waals surface area contributed by atoms with Crippen molar-refractivity contribution in [3.8, 4) is 5.69 Å². The number of nitrogens with two attached hydrogens (primary N) is 1. The third-order valence-corrected chi connectivity index (χ3v) is 3.50. The second kappa shape index (κ2) is 6.50. The number of benzene rings is 1. The van der Waals surface area contributed by atoms with Gasteiger partial charge in [0.15, 0.2) is 0 Å². The molecule has 21 heavy (non-hydrogen) atoms. The van der Waals surface area contributed by atoms with E-state index < -0.39 is 0 Å². The summed E-state index contributed by atoms with van der Waals surface area (Å²) < 4.78 is 1.97. The van der Waals surface area contributed by atoms with Crippen molar-refractivity contribution in [3.63, 3.8) is 0 Å². The van der Waals surface area contributed by atoms with Crippen LogP contribution in [0.25, 0.3) is 5.69 Å². The van der Waals surface area contributed by atoms with E-state index in [4.69, 9.17) is 17.3 Å². The normalized spacial score (nSPS) is 11.7. The molecule has 0 unspecified atom stereocenters. The van der Waals surface area contributed by atoms with Crippen LogP contribution in [0.5, 0.6) is 0 Å². The number of nitrogens with zero attached hydrogens (tertiary/aromatic N) is 2. The molecule has 0 aliphatic carbocycles. The maximum Gasteiger partial charge on any atom is 0.0769 e. The quantitative estimate of drug-likeness (QED) is 0.830. The minimum Gasteiger partial charge on any atom is -0.382 e. The van der Waals surface area contributed by atoms with Crippen molar-refractivity contribution >= 4 is 17.3 Å². The van der Waals surface area contributed by atoms with Gasteiger partial charge in [-0.15, -0.1) is 0 Å². The molecule has 0 fully saturated rings. The molecule has 114 valence electrons. The van der Waals surface area contributed by atoms with Crippen LogP contribution in [-0.4, -0.2) is 22.9 Å². The van der Waals surface area contributed by atoms with E-state index >= 15 is 0 Å². The predicted octanol–water partition coefficient (Wildman–Crippen LogP) is 3.58. The van der Waals surface area contributed by atoms with E-state index in [0.29, 0.717) is 6.54 Å².